The molecule has 3 aromatic rings. The molecule has 0 bridgehead atoms. The van der Waals surface area contributed by atoms with Gasteiger partial charge >= 0.3 is 0 Å². The van der Waals surface area contributed by atoms with Crippen LogP contribution in [-0.4, -0.2) is 25.7 Å². The number of nitrogens with one attached hydrogen (secondary N) is 1. The maximum Gasteiger partial charge on any atom is 0.265 e. The highest BCUT2D eigenvalue weighted by atomic mass is 35.5. The predicted molar refractivity (Wildman–Crippen MR) is 93.3 cm³/mol. The number of halogens is 1. The molecule has 0 amide bonds. The molecule has 0 atom stereocenters. The zero-order valence-electron chi connectivity index (χ0n) is 13.4. The second kappa shape index (κ2) is 6.73. The standard InChI is InChI=1S/C16H14ClN3O4S/c1-10-18-16(24-19-10)11-3-6-13(7-4-11)20-25(21,22)15-9-12(17)5-8-14(15)23-2/h3-9,20H,1-2H3. The van der Waals surface area contributed by atoms with E-state index < -0.39 is 10.0 Å². The molecule has 0 aliphatic heterocycles. The number of hydrogen-bond acceptors (Lipinski definition) is 6. The Labute approximate surface area is 149 Å². The van der Waals surface area contributed by atoms with E-state index in [4.69, 9.17) is 20.9 Å². The van der Waals surface area contributed by atoms with Crippen LogP contribution < -0.4 is 9.46 Å². The van der Waals surface area contributed by atoms with Gasteiger partial charge in [0.1, 0.15) is 10.6 Å². The number of hydrogen-bond donors (Lipinski definition) is 1. The Morgan fingerprint density at radius 1 is 1.16 bits per heavy atom. The number of nitrogens with zero attached hydrogens (tertiary/aromatic N) is 2. The number of methoxy groups -OCH3 is 1. The van der Waals surface area contributed by atoms with E-state index in [1.165, 1.54) is 19.2 Å². The minimum Gasteiger partial charge on any atom is -0.495 e. The molecule has 0 aliphatic rings. The molecule has 1 aromatic heterocycles. The lowest BCUT2D eigenvalue weighted by molar-refractivity contribution is 0.403. The summed E-state index contributed by atoms with van der Waals surface area (Å²) in [6, 6.07) is 10.9. The number of rotatable bonds is 5. The fourth-order valence-electron chi connectivity index (χ4n) is 2.17. The fourth-order valence-corrected chi connectivity index (χ4v) is 3.66. The second-order valence-corrected chi connectivity index (χ2v) is 7.21. The summed E-state index contributed by atoms with van der Waals surface area (Å²) in [4.78, 5) is 4.08. The Morgan fingerprint density at radius 2 is 1.88 bits per heavy atom. The van der Waals surface area contributed by atoms with Crippen molar-refractivity contribution >= 4 is 27.3 Å². The molecular weight excluding hydrogens is 366 g/mol. The monoisotopic (exact) mass is 379 g/mol. The molecule has 0 radical (unpaired) electrons. The molecule has 3 rings (SSSR count). The molecule has 0 aliphatic carbocycles. The molecule has 1 N–H and O–H groups in total. The van der Waals surface area contributed by atoms with E-state index in [1.54, 1.807) is 37.3 Å². The van der Waals surface area contributed by atoms with Crippen LogP contribution >= 0.6 is 11.6 Å². The number of aryl methyl sites for hydroxylation is 1. The molecule has 0 fully saturated rings. The van der Waals surface area contributed by atoms with Crippen molar-refractivity contribution in [2.45, 2.75) is 11.8 Å². The number of aromatic nitrogens is 2. The second-order valence-electron chi connectivity index (χ2n) is 5.12. The normalized spacial score (nSPS) is 11.3. The molecule has 1 heterocycles. The molecule has 0 spiro atoms. The molecule has 130 valence electrons. The third-order valence-corrected chi connectivity index (χ3v) is 4.96. The van der Waals surface area contributed by atoms with Crippen molar-refractivity contribution in [3.8, 4) is 17.2 Å². The molecule has 7 nitrogen and oxygen atoms in total. The van der Waals surface area contributed by atoms with Crippen LogP contribution in [0, 0.1) is 6.92 Å². The minimum atomic E-state index is -3.86. The lowest BCUT2D eigenvalue weighted by Gasteiger charge is -2.12. The van der Waals surface area contributed by atoms with Gasteiger partial charge in [-0.25, -0.2) is 8.42 Å². The molecule has 0 saturated carbocycles. The van der Waals surface area contributed by atoms with Gasteiger partial charge in [0.15, 0.2) is 5.82 Å². The average molecular weight is 380 g/mol. The van der Waals surface area contributed by atoms with Gasteiger partial charge in [-0.1, -0.05) is 16.8 Å². The summed E-state index contributed by atoms with van der Waals surface area (Å²) in [7, 11) is -2.47. The van der Waals surface area contributed by atoms with Crippen LogP contribution in [0.4, 0.5) is 5.69 Å². The van der Waals surface area contributed by atoms with Crippen molar-refractivity contribution in [1.82, 2.24) is 10.1 Å². The Hall–Kier alpha value is -2.58. The van der Waals surface area contributed by atoms with E-state index in [0.717, 1.165) is 0 Å². The molecular formula is C16H14ClN3O4S. The van der Waals surface area contributed by atoms with Crippen molar-refractivity contribution in [3.05, 3.63) is 53.3 Å². The average Bonchev–Trinajstić information content (AvgIpc) is 3.01. The molecule has 2 aromatic carbocycles. The Balaban J connectivity index is 1.87. The third kappa shape index (κ3) is 3.75. The zero-order valence-corrected chi connectivity index (χ0v) is 14.9. The van der Waals surface area contributed by atoms with Crippen molar-refractivity contribution in [3.63, 3.8) is 0 Å². The van der Waals surface area contributed by atoms with Gasteiger partial charge in [0, 0.05) is 16.3 Å². The molecule has 9 heteroatoms. The highest BCUT2D eigenvalue weighted by Gasteiger charge is 2.20. The van der Waals surface area contributed by atoms with Gasteiger partial charge in [-0.05, 0) is 49.4 Å². The quantitative estimate of drug-likeness (QED) is 0.729. The minimum absolute atomic E-state index is 0.0425. The first-order chi connectivity index (χ1) is 11.9. The predicted octanol–water partition coefficient (Wildman–Crippen LogP) is 3.51. The van der Waals surface area contributed by atoms with Crippen molar-refractivity contribution < 1.29 is 17.7 Å². The summed E-state index contributed by atoms with van der Waals surface area (Å²) in [6.07, 6.45) is 0. The van der Waals surface area contributed by atoms with Gasteiger partial charge in [-0.3, -0.25) is 4.72 Å². The van der Waals surface area contributed by atoms with E-state index in [9.17, 15) is 8.42 Å². The summed E-state index contributed by atoms with van der Waals surface area (Å²) in [5.41, 5.74) is 1.06. The fraction of sp³-hybridized carbons (Fsp3) is 0.125. The number of benzene rings is 2. The number of anilines is 1. The first kappa shape index (κ1) is 17.2. The van der Waals surface area contributed by atoms with E-state index in [-0.39, 0.29) is 10.6 Å². The largest absolute Gasteiger partial charge is 0.495 e. The van der Waals surface area contributed by atoms with Crippen LogP contribution in [0.25, 0.3) is 11.5 Å². The first-order valence-electron chi connectivity index (χ1n) is 7.16. The lowest BCUT2D eigenvalue weighted by atomic mass is 10.2. The zero-order chi connectivity index (χ0) is 18.0. The van der Waals surface area contributed by atoms with Crippen molar-refractivity contribution in [2.75, 3.05) is 11.8 Å². The summed E-state index contributed by atoms with van der Waals surface area (Å²) in [5.74, 6) is 1.09. The van der Waals surface area contributed by atoms with Crippen molar-refractivity contribution in [2.24, 2.45) is 0 Å². The molecule has 0 saturated heterocycles. The molecule has 0 unspecified atom stereocenters. The molecule has 25 heavy (non-hydrogen) atoms. The summed E-state index contributed by atoms with van der Waals surface area (Å²) < 4.78 is 37.9. The van der Waals surface area contributed by atoms with Gasteiger partial charge in [0.2, 0.25) is 0 Å². The number of ether oxygens (including phenoxy) is 1. The Kier molecular flexibility index (Phi) is 4.65. The van der Waals surface area contributed by atoms with Crippen LogP contribution in [0.15, 0.2) is 51.9 Å². The Morgan fingerprint density at radius 3 is 2.48 bits per heavy atom. The highest BCUT2D eigenvalue weighted by molar-refractivity contribution is 7.92. The smallest absolute Gasteiger partial charge is 0.265 e. The van der Waals surface area contributed by atoms with Crippen molar-refractivity contribution in [1.29, 1.82) is 0 Å². The maximum atomic E-state index is 12.6. The van der Waals surface area contributed by atoms with Crippen LogP contribution in [0.1, 0.15) is 5.82 Å². The van der Waals surface area contributed by atoms with E-state index >= 15 is 0 Å². The van der Waals surface area contributed by atoms with Gasteiger partial charge < -0.3 is 9.26 Å². The number of sulfonamides is 1. The first-order valence-corrected chi connectivity index (χ1v) is 9.02. The summed E-state index contributed by atoms with van der Waals surface area (Å²) in [6.45, 7) is 1.72. The Bertz CT molecular complexity index is 1000. The van der Waals surface area contributed by atoms with E-state index in [2.05, 4.69) is 14.9 Å². The maximum absolute atomic E-state index is 12.6. The van der Waals surface area contributed by atoms with Crippen LogP contribution in [-0.2, 0) is 10.0 Å². The topological polar surface area (TPSA) is 94.3 Å². The van der Waals surface area contributed by atoms with Gasteiger partial charge in [0.05, 0.1) is 7.11 Å². The van der Waals surface area contributed by atoms with Crippen LogP contribution in [0.3, 0.4) is 0 Å². The summed E-state index contributed by atoms with van der Waals surface area (Å²) >= 11 is 5.90. The van der Waals surface area contributed by atoms with E-state index in [0.29, 0.717) is 28.0 Å². The van der Waals surface area contributed by atoms with Crippen LogP contribution in [0.2, 0.25) is 5.02 Å². The van der Waals surface area contributed by atoms with Crippen LogP contribution in [0.5, 0.6) is 5.75 Å². The van der Waals surface area contributed by atoms with E-state index in [1.807, 2.05) is 0 Å². The lowest BCUT2D eigenvalue weighted by Crippen LogP contribution is -2.14. The SMILES string of the molecule is COc1ccc(Cl)cc1S(=O)(=O)Nc1ccc(-c2nc(C)no2)cc1. The summed E-state index contributed by atoms with van der Waals surface area (Å²) in [5, 5.41) is 4.01. The van der Waals surface area contributed by atoms with Gasteiger partial charge in [-0.15, -0.1) is 0 Å². The van der Waals surface area contributed by atoms with Gasteiger partial charge in [-0.2, -0.15) is 4.98 Å². The third-order valence-electron chi connectivity index (χ3n) is 3.33. The van der Waals surface area contributed by atoms with Gasteiger partial charge in [0.25, 0.3) is 15.9 Å². The highest BCUT2D eigenvalue weighted by Crippen LogP contribution is 2.29.